The van der Waals surface area contributed by atoms with Gasteiger partial charge in [-0.15, -0.1) is 22.9 Å². The average Bonchev–Trinajstić information content (AvgIpc) is 2.76. The van der Waals surface area contributed by atoms with Crippen molar-refractivity contribution in [3.8, 4) is 0 Å². The van der Waals surface area contributed by atoms with Crippen LogP contribution in [-0.2, 0) is 0 Å². The largest absolute Gasteiger partial charge is 0.335 e. The molecule has 1 aliphatic heterocycles. The Morgan fingerprint density at radius 2 is 2.18 bits per heavy atom. The van der Waals surface area contributed by atoms with Crippen LogP contribution in [0.1, 0.15) is 14.7 Å². The molecule has 1 aliphatic rings. The number of carbonyl (C=O) groups excluding carboxylic acids is 1. The molecule has 1 aromatic rings. The Balaban J connectivity index is 1.90. The lowest BCUT2D eigenvalue weighted by Gasteiger charge is -2.34. The van der Waals surface area contributed by atoms with E-state index >= 15 is 0 Å². The fraction of sp³-hybridized carbons (Fsp3) is 0.636. The van der Waals surface area contributed by atoms with E-state index in [9.17, 15) is 4.79 Å². The summed E-state index contributed by atoms with van der Waals surface area (Å²) in [5, 5.41) is 0.939. The second-order valence-electron chi connectivity index (χ2n) is 4.07. The van der Waals surface area contributed by atoms with Gasteiger partial charge in [0.15, 0.2) is 0 Å². The predicted octanol–water partition coefficient (Wildman–Crippen LogP) is 1.45. The first-order valence-corrected chi connectivity index (χ1v) is 7.06. The van der Waals surface area contributed by atoms with Crippen LogP contribution >= 0.6 is 22.9 Å². The van der Waals surface area contributed by atoms with Crippen LogP contribution in [0.2, 0.25) is 0 Å². The van der Waals surface area contributed by atoms with E-state index in [0.717, 1.165) is 42.6 Å². The highest BCUT2D eigenvalue weighted by Crippen LogP contribution is 2.15. The van der Waals surface area contributed by atoms with Gasteiger partial charge in [0, 0.05) is 38.6 Å². The zero-order valence-corrected chi connectivity index (χ0v) is 11.4. The molecule has 0 bridgehead atoms. The van der Waals surface area contributed by atoms with Gasteiger partial charge >= 0.3 is 0 Å². The van der Waals surface area contributed by atoms with Crippen molar-refractivity contribution in [1.29, 1.82) is 0 Å². The highest BCUT2D eigenvalue weighted by atomic mass is 35.5. The van der Waals surface area contributed by atoms with Gasteiger partial charge in [0.2, 0.25) is 0 Å². The number of amides is 1. The highest BCUT2D eigenvalue weighted by Gasteiger charge is 2.22. The average molecular weight is 274 g/mol. The molecule has 2 rings (SSSR count). The third kappa shape index (κ3) is 3.18. The summed E-state index contributed by atoms with van der Waals surface area (Å²) >= 11 is 7.17. The summed E-state index contributed by atoms with van der Waals surface area (Å²) in [4.78, 5) is 21.2. The molecule has 2 heterocycles. The van der Waals surface area contributed by atoms with Crippen LogP contribution in [0.25, 0.3) is 0 Å². The van der Waals surface area contributed by atoms with Gasteiger partial charge in [-0.05, 0) is 6.92 Å². The first kappa shape index (κ1) is 12.8. The summed E-state index contributed by atoms with van der Waals surface area (Å²) in [5.41, 5.74) is 0. The molecule has 0 radical (unpaired) electrons. The SMILES string of the molecule is Cc1ncc(C(=O)N2CCN(CCCl)CC2)s1. The molecule has 0 aromatic carbocycles. The van der Waals surface area contributed by atoms with Crippen molar-refractivity contribution in [2.45, 2.75) is 6.92 Å². The van der Waals surface area contributed by atoms with Crippen molar-refractivity contribution >= 4 is 28.8 Å². The Labute approximate surface area is 110 Å². The number of carbonyl (C=O) groups is 1. The Bertz CT molecular complexity index is 388. The Hall–Kier alpha value is -0.650. The maximum atomic E-state index is 12.1. The van der Waals surface area contributed by atoms with Gasteiger partial charge in [-0.25, -0.2) is 4.98 Å². The topological polar surface area (TPSA) is 36.4 Å². The van der Waals surface area contributed by atoms with Crippen LogP contribution in [-0.4, -0.2) is 59.3 Å². The molecule has 17 heavy (non-hydrogen) atoms. The van der Waals surface area contributed by atoms with Crippen molar-refractivity contribution < 1.29 is 4.79 Å². The Morgan fingerprint density at radius 1 is 1.47 bits per heavy atom. The van der Waals surface area contributed by atoms with Gasteiger partial charge in [0.1, 0.15) is 4.88 Å². The van der Waals surface area contributed by atoms with Crippen molar-refractivity contribution in [2.24, 2.45) is 0 Å². The molecule has 0 spiro atoms. The van der Waals surface area contributed by atoms with Crippen LogP contribution in [0, 0.1) is 6.92 Å². The van der Waals surface area contributed by atoms with E-state index in [1.165, 1.54) is 11.3 Å². The predicted molar refractivity (Wildman–Crippen MR) is 69.9 cm³/mol. The van der Waals surface area contributed by atoms with Gasteiger partial charge in [0.05, 0.1) is 11.2 Å². The van der Waals surface area contributed by atoms with Crippen molar-refractivity contribution in [3.63, 3.8) is 0 Å². The normalized spacial score (nSPS) is 17.4. The molecule has 94 valence electrons. The molecule has 1 fully saturated rings. The fourth-order valence-electron chi connectivity index (χ4n) is 1.91. The molecule has 1 saturated heterocycles. The number of thiazole rings is 1. The minimum absolute atomic E-state index is 0.112. The van der Waals surface area contributed by atoms with Crippen LogP contribution in [0.15, 0.2) is 6.20 Å². The number of hydrogen-bond donors (Lipinski definition) is 0. The molecule has 0 N–H and O–H groups in total. The molecule has 6 heteroatoms. The van der Waals surface area contributed by atoms with Crippen LogP contribution < -0.4 is 0 Å². The second kappa shape index (κ2) is 5.80. The number of aromatic nitrogens is 1. The number of nitrogens with zero attached hydrogens (tertiary/aromatic N) is 3. The van der Waals surface area contributed by atoms with E-state index in [0.29, 0.717) is 5.88 Å². The Kier molecular flexibility index (Phi) is 4.36. The van der Waals surface area contributed by atoms with Crippen LogP contribution in [0.4, 0.5) is 0 Å². The second-order valence-corrected chi connectivity index (χ2v) is 5.68. The zero-order valence-electron chi connectivity index (χ0n) is 9.86. The van der Waals surface area contributed by atoms with Crippen molar-refractivity contribution in [2.75, 3.05) is 38.6 Å². The van der Waals surface area contributed by atoms with Gasteiger partial charge < -0.3 is 4.90 Å². The third-order valence-electron chi connectivity index (χ3n) is 2.89. The first-order valence-electron chi connectivity index (χ1n) is 5.70. The quantitative estimate of drug-likeness (QED) is 0.782. The Morgan fingerprint density at radius 3 is 2.71 bits per heavy atom. The molecule has 4 nitrogen and oxygen atoms in total. The fourth-order valence-corrected chi connectivity index (χ4v) is 2.89. The molecule has 1 aromatic heterocycles. The maximum absolute atomic E-state index is 12.1. The number of alkyl halides is 1. The number of halogens is 1. The molecular formula is C11H16ClN3OS. The maximum Gasteiger partial charge on any atom is 0.265 e. The monoisotopic (exact) mass is 273 g/mol. The minimum Gasteiger partial charge on any atom is -0.335 e. The van der Waals surface area contributed by atoms with E-state index in [4.69, 9.17) is 11.6 Å². The van der Waals surface area contributed by atoms with Gasteiger partial charge in [-0.2, -0.15) is 0 Å². The molecular weight excluding hydrogens is 258 g/mol. The molecule has 0 saturated carbocycles. The highest BCUT2D eigenvalue weighted by molar-refractivity contribution is 7.13. The molecule has 1 amide bonds. The number of piperazine rings is 1. The smallest absolute Gasteiger partial charge is 0.265 e. The summed E-state index contributed by atoms with van der Waals surface area (Å²) < 4.78 is 0. The van der Waals surface area contributed by atoms with Crippen LogP contribution in [0.5, 0.6) is 0 Å². The first-order chi connectivity index (χ1) is 8.20. The molecule has 0 unspecified atom stereocenters. The third-order valence-corrected chi connectivity index (χ3v) is 3.96. The van der Waals surface area contributed by atoms with E-state index in [1.54, 1.807) is 6.20 Å². The van der Waals surface area contributed by atoms with Crippen molar-refractivity contribution in [3.05, 3.63) is 16.1 Å². The number of rotatable bonds is 3. The summed E-state index contributed by atoms with van der Waals surface area (Å²) in [7, 11) is 0. The molecule has 0 aliphatic carbocycles. The molecule has 0 atom stereocenters. The standard InChI is InChI=1S/C11H16ClN3OS/c1-9-13-8-10(17-9)11(16)15-6-4-14(3-2-12)5-7-15/h8H,2-7H2,1H3. The van der Waals surface area contributed by atoms with Gasteiger partial charge in [-0.3, -0.25) is 9.69 Å². The summed E-state index contributed by atoms with van der Waals surface area (Å²) in [5.74, 6) is 0.767. The van der Waals surface area contributed by atoms with E-state index in [-0.39, 0.29) is 5.91 Å². The lowest BCUT2D eigenvalue weighted by molar-refractivity contribution is 0.0649. The van der Waals surface area contributed by atoms with Gasteiger partial charge in [-0.1, -0.05) is 0 Å². The number of hydrogen-bond acceptors (Lipinski definition) is 4. The van der Waals surface area contributed by atoms with Gasteiger partial charge in [0.25, 0.3) is 5.91 Å². The summed E-state index contributed by atoms with van der Waals surface area (Å²) in [6, 6.07) is 0. The number of aryl methyl sites for hydroxylation is 1. The lowest BCUT2D eigenvalue weighted by Crippen LogP contribution is -2.48. The van der Waals surface area contributed by atoms with E-state index in [1.807, 2.05) is 11.8 Å². The summed E-state index contributed by atoms with van der Waals surface area (Å²) in [6.07, 6.45) is 1.67. The summed E-state index contributed by atoms with van der Waals surface area (Å²) in [6.45, 7) is 6.22. The lowest BCUT2D eigenvalue weighted by atomic mass is 10.3. The van der Waals surface area contributed by atoms with Crippen LogP contribution in [0.3, 0.4) is 0 Å². The van der Waals surface area contributed by atoms with E-state index in [2.05, 4.69) is 9.88 Å². The van der Waals surface area contributed by atoms with Crippen molar-refractivity contribution in [1.82, 2.24) is 14.8 Å². The zero-order chi connectivity index (χ0) is 12.3. The van der Waals surface area contributed by atoms with E-state index < -0.39 is 0 Å². The minimum atomic E-state index is 0.112.